The maximum Gasteiger partial charge on any atom is 0.271 e. The van der Waals surface area contributed by atoms with Crippen molar-refractivity contribution in [1.82, 2.24) is 10.9 Å². The van der Waals surface area contributed by atoms with Gasteiger partial charge in [-0.05, 0) is 25.1 Å². The quantitative estimate of drug-likeness (QED) is 0.512. The van der Waals surface area contributed by atoms with Gasteiger partial charge in [0, 0.05) is 11.1 Å². The van der Waals surface area contributed by atoms with Gasteiger partial charge < -0.3 is 0 Å². The van der Waals surface area contributed by atoms with Crippen LogP contribution < -0.4 is 10.9 Å². The minimum Gasteiger partial charge on any atom is -0.268 e. The van der Waals surface area contributed by atoms with Crippen LogP contribution in [0.25, 0.3) is 0 Å². The van der Waals surface area contributed by atoms with Crippen LogP contribution in [0, 0.1) is 0 Å². The van der Waals surface area contributed by atoms with Crippen LogP contribution in [0.15, 0.2) is 42.5 Å². The number of benzene rings is 1. The van der Waals surface area contributed by atoms with Crippen LogP contribution in [0.4, 0.5) is 0 Å². The fraction of sp³-hybridized carbons (Fsp3) is 0.0769. The number of nitrogens with one attached hydrogen (secondary N) is 2. The number of amides is 2. The second kappa shape index (κ2) is 7.61. The fourth-order valence-electron chi connectivity index (χ4n) is 1.15. The third-order valence-electron chi connectivity index (χ3n) is 2.02. The van der Waals surface area contributed by atoms with Crippen LogP contribution in [0.2, 0.25) is 10.0 Å². The predicted molar refractivity (Wildman–Crippen MR) is 76.0 cm³/mol. The first-order valence-corrected chi connectivity index (χ1v) is 6.15. The first kappa shape index (κ1) is 15.3. The summed E-state index contributed by atoms with van der Waals surface area (Å²) in [5.41, 5.74) is 4.65. The Hall–Kier alpha value is -1.78. The molecule has 0 bridgehead atoms. The highest BCUT2D eigenvalue weighted by molar-refractivity contribution is 6.35. The third kappa shape index (κ3) is 5.16. The lowest BCUT2D eigenvalue weighted by molar-refractivity contribution is -0.117. The predicted octanol–water partition coefficient (Wildman–Crippen LogP) is 2.89. The molecular weight excluding hydrogens is 287 g/mol. The van der Waals surface area contributed by atoms with E-state index in [9.17, 15) is 9.59 Å². The van der Waals surface area contributed by atoms with Gasteiger partial charge >= 0.3 is 0 Å². The lowest BCUT2D eigenvalue weighted by Crippen LogP contribution is -2.40. The first-order chi connectivity index (χ1) is 9.04. The molecule has 6 heteroatoms. The van der Waals surface area contributed by atoms with Gasteiger partial charge in [-0.2, -0.15) is 0 Å². The van der Waals surface area contributed by atoms with E-state index in [0.29, 0.717) is 5.02 Å². The monoisotopic (exact) mass is 298 g/mol. The second-order valence-corrected chi connectivity index (χ2v) is 4.30. The maximum atomic E-state index is 11.7. The summed E-state index contributed by atoms with van der Waals surface area (Å²) in [6.07, 6.45) is 6.29. The molecule has 0 spiro atoms. The molecule has 0 saturated carbocycles. The molecule has 0 unspecified atom stereocenters. The number of halogens is 2. The maximum absolute atomic E-state index is 11.7. The van der Waals surface area contributed by atoms with Gasteiger partial charge in [0.2, 0.25) is 0 Å². The Morgan fingerprint density at radius 2 is 1.89 bits per heavy atom. The molecule has 1 aromatic rings. The minimum atomic E-state index is -0.541. The van der Waals surface area contributed by atoms with E-state index in [1.807, 2.05) is 6.92 Å². The van der Waals surface area contributed by atoms with Crippen molar-refractivity contribution in [1.29, 1.82) is 0 Å². The highest BCUT2D eigenvalue weighted by Gasteiger charge is 2.11. The molecule has 0 aliphatic rings. The number of allylic oxidation sites excluding steroid dienone is 3. The molecule has 0 saturated heterocycles. The number of carbonyl (C=O) groups is 2. The summed E-state index contributed by atoms with van der Waals surface area (Å²) in [6, 6.07) is 4.49. The number of rotatable bonds is 3. The molecule has 0 radical (unpaired) electrons. The summed E-state index contributed by atoms with van der Waals surface area (Å²) < 4.78 is 0. The molecule has 19 heavy (non-hydrogen) atoms. The Bertz CT molecular complexity index is 539. The number of hydrazine groups is 1. The van der Waals surface area contributed by atoms with E-state index < -0.39 is 11.8 Å². The average Bonchev–Trinajstić information content (AvgIpc) is 2.39. The summed E-state index contributed by atoms with van der Waals surface area (Å²) in [6.45, 7) is 1.82. The van der Waals surface area contributed by atoms with Crippen molar-refractivity contribution in [2.45, 2.75) is 6.92 Å². The van der Waals surface area contributed by atoms with Gasteiger partial charge in [-0.1, -0.05) is 41.4 Å². The topological polar surface area (TPSA) is 58.2 Å². The third-order valence-corrected chi connectivity index (χ3v) is 2.59. The lowest BCUT2D eigenvalue weighted by atomic mass is 10.2. The Labute approximate surface area is 121 Å². The second-order valence-electron chi connectivity index (χ2n) is 3.45. The Morgan fingerprint density at radius 1 is 1.16 bits per heavy atom. The van der Waals surface area contributed by atoms with Crippen molar-refractivity contribution in [2.24, 2.45) is 0 Å². The summed E-state index contributed by atoms with van der Waals surface area (Å²) in [5.74, 6) is -0.995. The molecule has 4 nitrogen and oxygen atoms in total. The van der Waals surface area contributed by atoms with E-state index in [4.69, 9.17) is 23.2 Å². The summed E-state index contributed by atoms with van der Waals surface area (Å²) in [4.78, 5) is 23.0. The van der Waals surface area contributed by atoms with Crippen LogP contribution in [-0.2, 0) is 4.79 Å². The van der Waals surface area contributed by atoms with Crippen molar-refractivity contribution in [3.8, 4) is 0 Å². The van der Waals surface area contributed by atoms with Crippen molar-refractivity contribution >= 4 is 35.0 Å². The SMILES string of the molecule is C/C=C/C=C/C(=O)NNC(=O)c1cc(Cl)ccc1Cl. The van der Waals surface area contributed by atoms with E-state index in [0.717, 1.165) is 0 Å². The van der Waals surface area contributed by atoms with E-state index in [2.05, 4.69) is 10.9 Å². The number of hydrogen-bond donors (Lipinski definition) is 2. The van der Waals surface area contributed by atoms with E-state index in [1.165, 1.54) is 18.2 Å². The van der Waals surface area contributed by atoms with Gasteiger partial charge in [0.05, 0.1) is 10.6 Å². The molecule has 0 fully saturated rings. The van der Waals surface area contributed by atoms with Crippen molar-refractivity contribution < 1.29 is 9.59 Å². The van der Waals surface area contributed by atoms with Crippen molar-refractivity contribution in [2.75, 3.05) is 0 Å². The van der Waals surface area contributed by atoms with Crippen LogP contribution in [0.1, 0.15) is 17.3 Å². The highest BCUT2D eigenvalue weighted by atomic mass is 35.5. The molecule has 2 N–H and O–H groups in total. The van der Waals surface area contributed by atoms with E-state index in [1.54, 1.807) is 24.3 Å². The zero-order valence-corrected chi connectivity index (χ0v) is 11.6. The van der Waals surface area contributed by atoms with Crippen LogP contribution in [-0.4, -0.2) is 11.8 Å². The summed E-state index contributed by atoms with van der Waals surface area (Å²) in [7, 11) is 0. The van der Waals surface area contributed by atoms with Gasteiger partial charge in [-0.15, -0.1) is 0 Å². The van der Waals surface area contributed by atoms with Crippen LogP contribution >= 0.6 is 23.2 Å². The standard InChI is InChI=1S/C13H12Cl2N2O2/c1-2-3-4-5-12(18)16-17-13(19)10-8-9(14)6-7-11(10)15/h2-8H,1H3,(H,16,18)(H,17,19)/b3-2+,5-4+. The lowest BCUT2D eigenvalue weighted by Gasteiger charge is -2.07. The summed E-state index contributed by atoms with van der Waals surface area (Å²) >= 11 is 11.6. The zero-order chi connectivity index (χ0) is 14.3. The first-order valence-electron chi connectivity index (χ1n) is 5.39. The normalized spacial score (nSPS) is 10.9. The Morgan fingerprint density at radius 3 is 2.58 bits per heavy atom. The number of hydrogen-bond acceptors (Lipinski definition) is 2. The molecule has 0 aromatic heterocycles. The molecule has 0 aliphatic carbocycles. The van der Waals surface area contributed by atoms with Crippen molar-refractivity contribution in [3.05, 3.63) is 58.1 Å². The van der Waals surface area contributed by atoms with Gasteiger partial charge in [0.25, 0.3) is 11.8 Å². The minimum absolute atomic E-state index is 0.187. The van der Waals surface area contributed by atoms with Gasteiger partial charge in [-0.3, -0.25) is 20.4 Å². The zero-order valence-electron chi connectivity index (χ0n) is 10.1. The smallest absolute Gasteiger partial charge is 0.268 e. The molecule has 100 valence electrons. The average molecular weight is 299 g/mol. The molecule has 2 amide bonds. The Kier molecular flexibility index (Phi) is 6.12. The van der Waals surface area contributed by atoms with Gasteiger partial charge in [-0.25, -0.2) is 0 Å². The number of carbonyl (C=O) groups excluding carboxylic acids is 2. The van der Waals surface area contributed by atoms with Gasteiger partial charge in [0.1, 0.15) is 0 Å². The highest BCUT2D eigenvalue weighted by Crippen LogP contribution is 2.20. The molecule has 0 aliphatic heterocycles. The van der Waals surface area contributed by atoms with Gasteiger partial charge in [0.15, 0.2) is 0 Å². The molecule has 1 aromatic carbocycles. The van der Waals surface area contributed by atoms with E-state index in [-0.39, 0.29) is 10.6 Å². The largest absolute Gasteiger partial charge is 0.271 e. The van der Waals surface area contributed by atoms with Crippen LogP contribution in [0.5, 0.6) is 0 Å². The van der Waals surface area contributed by atoms with Crippen molar-refractivity contribution in [3.63, 3.8) is 0 Å². The molecule has 0 atom stereocenters. The van der Waals surface area contributed by atoms with Crippen LogP contribution in [0.3, 0.4) is 0 Å². The fourth-order valence-corrected chi connectivity index (χ4v) is 1.53. The summed E-state index contributed by atoms with van der Waals surface area (Å²) in [5, 5.41) is 0.634. The Balaban J connectivity index is 2.61. The van der Waals surface area contributed by atoms with E-state index >= 15 is 0 Å². The molecule has 1 rings (SSSR count). The molecular formula is C13H12Cl2N2O2. The molecule has 0 heterocycles.